The van der Waals surface area contributed by atoms with Gasteiger partial charge < -0.3 is 10.0 Å². The predicted octanol–water partition coefficient (Wildman–Crippen LogP) is 4.62. The summed E-state index contributed by atoms with van der Waals surface area (Å²) >= 11 is 0. The Morgan fingerprint density at radius 2 is 2.07 bits per heavy atom. The molecule has 1 aliphatic rings. The van der Waals surface area contributed by atoms with Gasteiger partial charge >= 0.3 is 0 Å². The average molecular weight is 362 g/mol. The van der Waals surface area contributed by atoms with Crippen molar-refractivity contribution in [2.45, 2.75) is 51.5 Å². The summed E-state index contributed by atoms with van der Waals surface area (Å²) < 4.78 is 0. The third-order valence-corrected chi connectivity index (χ3v) is 5.49. The molecule has 0 aromatic heterocycles. The molecule has 1 amide bonds. The zero-order valence-electron chi connectivity index (χ0n) is 16.0. The topological polar surface area (TPSA) is 64.3 Å². The first kappa shape index (κ1) is 19.0. The van der Waals surface area contributed by atoms with Crippen LogP contribution in [0.15, 0.2) is 42.5 Å². The van der Waals surface area contributed by atoms with Crippen LogP contribution in [0.25, 0.3) is 0 Å². The van der Waals surface area contributed by atoms with E-state index in [1.54, 1.807) is 12.1 Å². The summed E-state index contributed by atoms with van der Waals surface area (Å²) in [6.45, 7) is 4.98. The van der Waals surface area contributed by atoms with Crippen molar-refractivity contribution in [2.24, 2.45) is 0 Å². The second-order valence-electron chi connectivity index (χ2n) is 7.46. The smallest absolute Gasteiger partial charge is 0.223 e. The van der Waals surface area contributed by atoms with Crippen molar-refractivity contribution >= 4 is 5.91 Å². The number of aryl methyl sites for hydroxylation is 1. The summed E-state index contributed by atoms with van der Waals surface area (Å²) in [5, 5.41) is 18.9. The maximum Gasteiger partial charge on any atom is 0.223 e. The summed E-state index contributed by atoms with van der Waals surface area (Å²) in [5.74, 6) is 0.656. The first-order valence-corrected chi connectivity index (χ1v) is 9.54. The molecule has 2 aromatic carbocycles. The van der Waals surface area contributed by atoms with Crippen LogP contribution in [-0.2, 0) is 11.2 Å². The Morgan fingerprint density at radius 1 is 1.26 bits per heavy atom. The molecule has 2 unspecified atom stereocenters. The van der Waals surface area contributed by atoms with Crippen molar-refractivity contribution in [1.82, 2.24) is 4.90 Å². The molecule has 2 aromatic rings. The van der Waals surface area contributed by atoms with Crippen LogP contribution < -0.4 is 0 Å². The van der Waals surface area contributed by atoms with Crippen LogP contribution in [-0.4, -0.2) is 22.5 Å². The second kappa shape index (κ2) is 8.26. The molecule has 1 heterocycles. The van der Waals surface area contributed by atoms with Gasteiger partial charge in [0.1, 0.15) is 5.75 Å². The molecular formula is C23H26N2O2. The quantitative estimate of drug-likeness (QED) is 0.815. The molecule has 4 nitrogen and oxygen atoms in total. The van der Waals surface area contributed by atoms with Crippen LogP contribution in [0.1, 0.15) is 60.4 Å². The lowest BCUT2D eigenvalue weighted by atomic mass is 9.87. The van der Waals surface area contributed by atoms with Gasteiger partial charge in [-0.2, -0.15) is 5.26 Å². The number of nitriles is 1. The van der Waals surface area contributed by atoms with Gasteiger partial charge in [0, 0.05) is 13.0 Å². The molecule has 27 heavy (non-hydrogen) atoms. The lowest BCUT2D eigenvalue weighted by molar-refractivity contribution is -0.130. The Bertz CT molecular complexity index is 869. The van der Waals surface area contributed by atoms with Gasteiger partial charge in [0.25, 0.3) is 0 Å². The maximum absolute atomic E-state index is 12.5. The van der Waals surface area contributed by atoms with Gasteiger partial charge in [0.15, 0.2) is 0 Å². The average Bonchev–Trinajstić information content (AvgIpc) is 3.07. The number of nitrogens with zero attached hydrogens (tertiary/aromatic N) is 2. The summed E-state index contributed by atoms with van der Waals surface area (Å²) in [7, 11) is 0. The Kier molecular flexibility index (Phi) is 5.81. The number of benzene rings is 2. The zero-order valence-corrected chi connectivity index (χ0v) is 16.0. The molecule has 0 bridgehead atoms. The normalized spacial score (nSPS) is 16.2. The second-order valence-corrected chi connectivity index (χ2v) is 7.46. The van der Waals surface area contributed by atoms with Crippen molar-refractivity contribution in [3.8, 4) is 11.8 Å². The highest BCUT2D eigenvalue weighted by Crippen LogP contribution is 2.37. The number of phenolic OH excluding ortho intramolecular Hbond substituents is 1. The standard InChI is InChI=1S/C23H26N2O2/c1-16-8-9-18(10-11-24)14-21(16)22(25-12-4-7-23(25)27)13-17(2)19-5-3-6-20(26)15-19/h3,5-6,8-9,14-15,17,22,26H,4,7,10,12-13H2,1-2H3. The van der Waals surface area contributed by atoms with E-state index in [0.29, 0.717) is 12.8 Å². The highest BCUT2D eigenvalue weighted by molar-refractivity contribution is 5.78. The first-order chi connectivity index (χ1) is 13.0. The van der Waals surface area contributed by atoms with E-state index in [1.165, 1.54) is 0 Å². The molecule has 0 aliphatic carbocycles. The van der Waals surface area contributed by atoms with E-state index >= 15 is 0 Å². The Labute approximate surface area is 161 Å². The van der Waals surface area contributed by atoms with Crippen molar-refractivity contribution in [1.29, 1.82) is 5.26 Å². The van der Waals surface area contributed by atoms with Crippen LogP contribution in [0.5, 0.6) is 5.75 Å². The predicted molar refractivity (Wildman–Crippen MR) is 105 cm³/mol. The van der Waals surface area contributed by atoms with E-state index in [9.17, 15) is 9.90 Å². The van der Waals surface area contributed by atoms with Crippen LogP contribution in [0, 0.1) is 18.3 Å². The Morgan fingerprint density at radius 3 is 2.74 bits per heavy atom. The Hall–Kier alpha value is -2.80. The highest BCUT2D eigenvalue weighted by Gasteiger charge is 2.31. The van der Waals surface area contributed by atoms with E-state index in [2.05, 4.69) is 32.0 Å². The van der Waals surface area contributed by atoms with E-state index < -0.39 is 0 Å². The number of phenols is 1. The summed E-state index contributed by atoms with van der Waals surface area (Å²) in [4.78, 5) is 14.5. The first-order valence-electron chi connectivity index (χ1n) is 9.54. The summed E-state index contributed by atoms with van der Waals surface area (Å²) in [6.07, 6.45) is 2.66. The van der Waals surface area contributed by atoms with Crippen LogP contribution in [0.2, 0.25) is 0 Å². The number of hydrogen-bond acceptors (Lipinski definition) is 3. The number of rotatable bonds is 6. The fraction of sp³-hybridized carbons (Fsp3) is 0.391. The van der Waals surface area contributed by atoms with Gasteiger partial charge in [-0.05, 0) is 60.1 Å². The van der Waals surface area contributed by atoms with Crippen molar-refractivity contribution in [3.05, 3.63) is 64.7 Å². The zero-order chi connectivity index (χ0) is 19.4. The molecule has 1 fully saturated rings. The van der Waals surface area contributed by atoms with Gasteiger partial charge in [-0.3, -0.25) is 4.79 Å². The molecule has 140 valence electrons. The van der Waals surface area contributed by atoms with Crippen LogP contribution in [0.3, 0.4) is 0 Å². The largest absolute Gasteiger partial charge is 0.508 e. The van der Waals surface area contributed by atoms with Gasteiger partial charge in [-0.1, -0.05) is 37.3 Å². The van der Waals surface area contributed by atoms with Gasteiger partial charge in [-0.25, -0.2) is 0 Å². The minimum absolute atomic E-state index is 0.0176. The number of amides is 1. The van der Waals surface area contributed by atoms with Crippen molar-refractivity contribution in [3.63, 3.8) is 0 Å². The fourth-order valence-electron chi connectivity index (χ4n) is 3.97. The lowest BCUT2D eigenvalue weighted by Gasteiger charge is -2.32. The molecule has 0 saturated carbocycles. The number of hydrogen-bond donors (Lipinski definition) is 1. The number of carbonyl (C=O) groups excluding carboxylic acids is 1. The SMILES string of the molecule is Cc1ccc(CC#N)cc1C(CC(C)c1cccc(O)c1)N1CCCC1=O. The number of aromatic hydroxyl groups is 1. The minimum atomic E-state index is -0.0176. The molecular weight excluding hydrogens is 336 g/mol. The van der Waals surface area contributed by atoms with E-state index in [4.69, 9.17) is 5.26 Å². The third kappa shape index (κ3) is 4.31. The number of carbonyl (C=O) groups is 1. The molecule has 1 aliphatic heterocycles. The highest BCUT2D eigenvalue weighted by atomic mass is 16.3. The van der Waals surface area contributed by atoms with Gasteiger partial charge in [-0.15, -0.1) is 0 Å². The lowest BCUT2D eigenvalue weighted by Crippen LogP contribution is -2.31. The minimum Gasteiger partial charge on any atom is -0.508 e. The van der Waals surface area contributed by atoms with Crippen molar-refractivity contribution in [2.75, 3.05) is 6.54 Å². The van der Waals surface area contributed by atoms with Crippen LogP contribution in [0.4, 0.5) is 0 Å². The van der Waals surface area contributed by atoms with Crippen molar-refractivity contribution < 1.29 is 9.90 Å². The molecule has 3 rings (SSSR count). The third-order valence-electron chi connectivity index (χ3n) is 5.49. The molecule has 1 N–H and O–H groups in total. The fourth-order valence-corrected chi connectivity index (χ4v) is 3.97. The Balaban J connectivity index is 1.96. The number of likely N-dealkylation sites (tertiary alicyclic amines) is 1. The molecule has 4 heteroatoms. The monoisotopic (exact) mass is 362 g/mol. The molecule has 1 saturated heterocycles. The maximum atomic E-state index is 12.5. The molecule has 0 radical (unpaired) electrons. The summed E-state index contributed by atoms with van der Waals surface area (Å²) in [6, 6.07) is 15.7. The van der Waals surface area contributed by atoms with E-state index in [-0.39, 0.29) is 23.6 Å². The molecule has 0 spiro atoms. The summed E-state index contributed by atoms with van der Waals surface area (Å²) in [5.41, 5.74) is 4.33. The van der Waals surface area contributed by atoms with E-state index in [0.717, 1.165) is 41.6 Å². The van der Waals surface area contributed by atoms with E-state index in [1.807, 2.05) is 23.1 Å². The molecule has 2 atom stereocenters. The van der Waals surface area contributed by atoms with Crippen LogP contribution >= 0.6 is 0 Å². The van der Waals surface area contributed by atoms with Gasteiger partial charge in [0.2, 0.25) is 5.91 Å². The van der Waals surface area contributed by atoms with Gasteiger partial charge in [0.05, 0.1) is 18.5 Å².